The number of para-hydroxylation sites is 1. The van der Waals surface area contributed by atoms with Crippen LogP contribution >= 0.6 is 0 Å². The molecule has 3 aromatic rings. The van der Waals surface area contributed by atoms with E-state index in [0.717, 1.165) is 12.8 Å². The number of aryl methyl sites for hydroxylation is 1. The first-order valence-electron chi connectivity index (χ1n) is 8.63. The molecule has 0 spiro atoms. The number of benzene rings is 2. The molecule has 0 saturated carbocycles. The Morgan fingerprint density at radius 3 is 2.65 bits per heavy atom. The van der Waals surface area contributed by atoms with Crippen LogP contribution in [0, 0.1) is 12.7 Å². The highest BCUT2D eigenvalue weighted by Crippen LogP contribution is 2.33. The fraction of sp³-hybridized carbons (Fsp3) is 0.238. The summed E-state index contributed by atoms with van der Waals surface area (Å²) in [5.74, 6) is -1.09. The third-order valence-corrected chi connectivity index (χ3v) is 4.26. The van der Waals surface area contributed by atoms with Gasteiger partial charge >= 0.3 is 0 Å². The average molecular weight is 353 g/mol. The fourth-order valence-corrected chi connectivity index (χ4v) is 2.73. The number of unbranched alkanes of at least 4 members (excludes halogenated alkanes) is 1. The number of fused-ring (bicyclic) bond motifs is 1. The van der Waals surface area contributed by atoms with Gasteiger partial charge in [0, 0.05) is 17.4 Å². The van der Waals surface area contributed by atoms with Crippen LogP contribution in [0.15, 0.2) is 46.9 Å². The summed E-state index contributed by atoms with van der Waals surface area (Å²) in [6.45, 7) is 3.63. The number of anilines is 1. The monoisotopic (exact) mass is 353 g/mol. The molecule has 2 aromatic carbocycles. The van der Waals surface area contributed by atoms with Crippen molar-refractivity contribution in [1.29, 1.82) is 0 Å². The molecule has 4 nitrogen and oxygen atoms in total. The minimum absolute atomic E-state index is 0.0132. The lowest BCUT2D eigenvalue weighted by atomic mass is 10.0. The molecule has 0 atom stereocenters. The first-order chi connectivity index (χ1) is 12.5. The summed E-state index contributed by atoms with van der Waals surface area (Å²) < 4.78 is 19.6. The lowest BCUT2D eigenvalue weighted by Gasteiger charge is -2.06. The third kappa shape index (κ3) is 3.52. The van der Waals surface area contributed by atoms with Gasteiger partial charge in [0.25, 0.3) is 0 Å². The number of carbonyl (C=O) groups excluding carboxylic acids is 2. The Morgan fingerprint density at radius 1 is 1.15 bits per heavy atom. The Labute approximate surface area is 151 Å². The number of rotatable bonds is 6. The molecule has 0 bridgehead atoms. The highest BCUT2D eigenvalue weighted by atomic mass is 19.1. The summed E-state index contributed by atoms with van der Waals surface area (Å²) in [7, 11) is 0. The van der Waals surface area contributed by atoms with Gasteiger partial charge in [-0.05, 0) is 37.1 Å². The van der Waals surface area contributed by atoms with Crippen LogP contribution in [0.1, 0.15) is 47.9 Å². The van der Waals surface area contributed by atoms with Crippen LogP contribution in [0.5, 0.6) is 0 Å². The number of halogens is 1. The Hall–Kier alpha value is -2.95. The van der Waals surface area contributed by atoms with Crippen molar-refractivity contribution < 1.29 is 18.4 Å². The lowest BCUT2D eigenvalue weighted by Crippen LogP contribution is -2.13. The standard InChI is InChI=1S/C21H20FNO3/c1-3-4-9-18(24)23-19-15-7-5-6-8-17(15)26-21(19)20(25)14-11-10-13(2)16(22)12-14/h5-8,10-12H,3-4,9H2,1-2H3,(H,23,24). The van der Waals surface area contributed by atoms with Crippen molar-refractivity contribution >= 4 is 28.3 Å². The molecule has 134 valence electrons. The number of ketones is 1. The van der Waals surface area contributed by atoms with E-state index in [1.54, 1.807) is 43.3 Å². The van der Waals surface area contributed by atoms with Gasteiger partial charge in [0.15, 0.2) is 5.76 Å². The van der Waals surface area contributed by atoms with E-state index in [1.807, 2.05) is 6.92 Å². The van der Waals surface area contributed by atoms with E-state index >= 15 is 0 Å². The average Bonchev–Trinajstić information content (AvgIpc) is 3.00. The van der Waals surface area contributed by atoms with E-state index in [0.29, 0.717) is 28.6 Å². The van der Waals surface area contributed by atoms with E-state index in [2.05, 4.69) is 5.32 Å². The predicted octanol–water partition coefficient (Wildman–Crippen LogP) is 5.24. The van der Waals surface area contributed by atoms with Crippen molar-refractivity contribution in [1.82, 2.24) is 0 Å². The van der Waals surface area contributed by atoms with Crippen molar-refractivity contribution in [3.63, 3.8) is 0 Å². The largest absolute Gasteiger partial charge is 0.450 e. The topological polar surface area (TPSA) is 59.3 Å². The van der Waals surface area contributed by atoms with Gasteiger partial charge in [0.1, 0.15) is 11.4 Å². The van der Waals surface area contributed by atoms with Gasteiger partial charge in [0.2, 0.25) is 11.7 Å². The third-order valence-electron chi connectivity index (χ3n) is 4.26. The zero-order valence-electron chi connectivity index (χ0n) is 14.8. The molecule has 0 fully saturated rings. The quantitative estimate of drug-likeness (QED) is 0.617. The minimum Gasteiger partial charge on any atom is -0.450 e. The molecule has 0 radical (unpaired) electrons. The summed E-state index contributed by atoms with van der Waals surface area (Å²) in [5.41, 5.74) is 1.47. The van der Waals surface area contributed by atoms with E-state index in [4.69, 9.17) is 4.42 Å². The van der Waals surface area contributed by atoms with Gasteiger partial charge in [-0.25, -0.2) is 4.39 Å². The van der Waals surface area contributed by atoms with Crippen LogP contribution in [-0.2, 0) is 4.79 Å². The first-order valence-corrected chi connectivity index (χ1v) is 8.63. The van der Waals surface area contributed by atoms with Gasteiger partial charge in [-0.2, -0.15) is 0 Å². The van der Waals surface area contributed by atoms with Crippen molar-refractivity contribution in [3.05, 3.63) is 65.2 Å². The molecule has 1 amide bonds. The minimum atomic E-state index is -0.467. The first kappa shape index (κ1) is 17.9. The highest BCUT2D eigenvalue weighted by molar-refractivity contribution is 6.17. The summed E-state index contributed by atoms with van der Waals surface area (Å²) in [6, 6.07) is 11.4. The molecule has 0 unspecified atom stereocenters. The molecule has 0 aliphatic rings. The molecule has 0 aliphatic heterocycles. The van der Waals surface area contributed by atoms with Crippen LogP contribution in [0.25, 0.3) is 11.0 Å². The molecular weight excluding hydrogens is 333 g/mol. The van der Waals surface area contributed by atoms with Crippen LogP contribution in [0.2, 0.25) is 0 Å². The van der Waals surface area contributed by atoms with E-state index in [1.165, 1.54) is 6.07 Å². The maximum Gasteiger partial charge on any atom is 0.230 e. The van der Waals surface area contributed by atoms with Crippen LogP contribution in [-0.4, -0.2) is 11.7 Å². The van der Waals surface area contributed by atoms with Crippen LogP contribution in [0.4, 0.5) is 10.1 Å². The Kier molecular flexibility index (Phi) is 5.16. The number of hydrogen-bond donors (Lipinski definition) is 1. The van der Waals surface area contributed by atoms with Gasteiger partial charge in [-0.15, -0.1) is 0 Å². The van der Waals surface area contributed by atoms with Crippen molar-refractivity contribution in [2.75, 3.05) is 5.32 Å². The van der Waals surface area contributed by atoms with Crippen molar-refractivity contribution in [3.8, 4) is 0 Å². The van der Waals surface area contributed by atoms with Crippen LogP contribution in [0.3, 0.4) is 0 Å². The molecule has 1 N–H and O–H groups in total. The molecular formula is C21H20FNO3. The lowest BCUT2D eigenvalue weighted by molar-refractivity contribution is -0.116. The summed E-state index contributed by atoms with van der Waals surface area (Å²) in [4.78, 5) is 25.1. The second-order valence-corrected chi connectivity index (χ2v) is 6.25. The predicted molar refractivity (Wildman–Crippen MR) is 98.9 cm³/mol. The van der Waals surface area contributed by atoms with E-state index < -0.39 is 11.6 Å². The smallest absolute Gasteiger partial charge is 0.230 e. The van der Waals surface area contributed by atoms with Gasteiger partial charge in [-0.3, -0.25) is 9.59 Å². The normalized spacial score (nSPS) is 10.9. The second kappa shape index (κ2) is 7.52. The Morgan fingerprint density at radius 2 is 1.92 bits per heavy atom. The van der Waals surface area contributed by atoms with Crippen molar-refractivity contribution in [2.45, 2.75) is 33.1 Å². The molecule has 0 aliphatic carbocycles. The summed E-state index contributed by atoms with van der Waals surface area (Å²) >= 11 is 0. The molecule has 1 heterocycles. The second-order valence-electron chi connectivity index (χ2n) is 6.25. The molecule has 0 saturated heterocycles. The van der Waals surface area contributed by atoms with Gasteiger partial charge in [-0.1, -0.05) is 37.6 Å². The molecule has 26 heavy (non-hydrogen) atoms. The summed E-state index contributed by atoms with van der Waals surface area (Å²) in [5, 5.41) is 3.44. The zero-order chi connectivity index (χ0) is 18.7. The van der Waals surface area contributed by atoms with E-state index in [-0.39, 0.29) is 17.2 Å². The molecule has 5 heteroatoms. The maximum atomic E-state index is 13.9. The number of carbonyl (C=O) groups is 2. The maximum absolute atomic E-state index is 13.9. The van der Waals surface area contributed by atoms with Crippen LogP contribution < -0.4 is 5.32 Å². The number of amides is 1. The Bertz CT molecular complexity index is 975. The zero-order valence-corrected chi connectivity index (χ0v) is 14.8. The number of furan rings is 1. The fourth-order valence-electron chi connectivity index (χ4n) is 2.73. The van der Waals surface area contributed by atoms with E-state index in [9.17, 15) is 14.0 Å². The SMILES string of the molecule is CCCCC(=O)Nc1c(C(=O)c2ccc(C)c(F)c2)oc2ccccc12. The van der Waals surface area contributed by atoms with Crippen molar-refractivity contribution in [2.24, 2.45) is 0 Å². The Balaban J connectivity index is 2.03. The van der Waals surface area contributed by atoms with Gasteiger partial charge < -0.3 is 9.73 Å². The molecule has 3 rings (SSSR count). The molecule has 1 aromatic heterocycles. The number of hydrogen-bond acceptors (Lipinski definition) is 3. The summed E-state index contributed by atoms with van der Waals surface area (Å²) in [6.07, 6.45) is 2.02. The highest BCUT2D eigenvalue weighted by Gasteiger charge is 2.23. The number of nitrogens with one attached hydrogen (secondary N) is 1. The van der Waals surface area contributed by atoms with Gasteiger partial charge in [0.05, 0.1) is 5.69 Å².